The van der Waals surface area contributed by atoms with E-state index in [0.29, 0.717) is 11.5 Å². The van der Waals surface area contributed by atoms with E-state index in [1.54, 1.807) is 5.56 Å². The molecule has 0 radical (unpaired) electrons. The molecule has 16 heavy (non-hydrogen) atoms. The lowest BCUT2D eigenvalue weighted by molar-refractivity contribution is 0.498. The van der Waals surface area contributed by atoms with Crippen LogP contribution in [0.15, 0.2) is 24.3 Å². The highest BCUT2D eigenvalue weighted by molar-refractivity contribution is 5.39. The molecule has 1 nitrogen and oxygen atoms in total. The zero-order chi connectivity index (χ0) is 11.8. The standard InChI is InChI=1S/C15H23N/c1-11(2)16-10-15(9-13(15)4)14-8-6-5-7-12(14)3/h5-8,11,13,16H,9-10H2,1-4H3. The molecule has 88 valence electrons. The van der Waals surface area contributed by atoms with E-state index in [9.17, 15) is 0 Å². The highest BCUT2D eigenvalue weighted by Crippen LogP contribution is 2.54. The van der Waals surface area contributed by atoms with E-state index in [-0.39, 0.29) is 0 Å². The summed E-state index contributed by atoms with van der Waals surface area (Å²) in [6.07, 6.45) is 1.33. The van der Waals surface area contributed by atoms with Gasteiger partial charge in [-0.1, -0.05) is 45.0 Å². The van der Waals surface area contributed by atoms with Crippen LogP contribution in [-0.4, -0.2) is 12.6 Å². The molecule has 0 aromatic heterocycles. The minimum atomic E-state index is 0.412. The van der Waals surface area contributed by atoms with E-state index in [0.717, 1.165) is 12.5 Å². The molecule has 2 atom stereocenters. The highest BCUT2D eigenvalue weighted by atomic mass is 14.9. The molecule has 2 unspecified atom stereocenters. The molecule has 1 aromatic rings. The molecule has 0 aliphatic heterocycles. The first-order valence-electron chi connectivity index (χ1n) is 6.36. The van der Waals surface area contributed by atoms with E-state index in [4.69, 9.17) is 0 Å². The van der Waals surface area contributed by atoms with E-state index >= 15 is 0 Å². The van der Waals surface area contributed by atoms with E-state index < -0.39 is 0 Å². The Morgan fingerprint density at radius 3 is 2.50 bits per heavy atom. The molecule has 1 N–H and O–H groups in total. The van der Waals surface area contributed by atoms with Crippen molar-refractivity contribution in [1.29, 1.82) is 0 Å². The minimum Gasteiger partial charge on any atom is -0.314 e. The fourth-order valence-electron chi connectivity index (χ4n) is 2.72. The van der Waals surface area contributed by atoms with Gasteiger partial charge in [-0.15, -0.1) is 0 Å². The van der Waals surface area contributed by atoms with Crippen molar-refractivity contribution in [3.63, 3.8) is 0 Å². The third-order valence-electron chi connectivity index (χ3n) is 3.96. The molecule has 1 aromatic carbocycles. The van der Waals surface area contributed by atoms with Gasteiger partial charge in [-0.2, -0.15) is 0 Å². The Morgan fingerprint density at radius 2 is 2.00 bits per heavy atom. The maximum atomic E-state index is 3.60. The first-order valence-corrected chi connectivity index (χ1v) is 6.36. The van der Waals surface area contributed by atoms with Gasteiger partial charge in [-0.3, -0.25) is 0 Å². The molecule has 1 aliphatic carbocycles. The number of hydrogen-bond acceptors (Lipinski definition) is 1. The predicted molar refractivity (Wildman–Crippen MR) is 69.8 cm³/mol. The molecular formula is C15H23N. The summed E-state index contributed by atoms with van der Waals surface area (Å²) in [7, 11) is 0. The quantitative estimate of drug-likeness (QED) is 0.816. The summed E-state index contributed by atoms with van der Waals surface area (Å²) in [6.45, 7) is 10.2. The molecule has 2 rings (SSSR count). The van der Waals surface area contributed by atoms with Crippen molar-refractivity contribution in [1.82, 2.24) is 5.32 Å². The zero-order valence-corrected chi connectivity index (χ0v) is 10.9. The Morgan fingerprint density at radius 1 is 1.38 bits per heavy atom. The lowest BCUT2D eigenvalue weighted by Crippen LogP contribution is -2.33. The van der Waals surface area contributed by atoms with E-state index in [1.165, 1.54) is 12.0 Å². The monoisotopic (exact) mass is 217 g/mol. The number of benzene rings is 1. The topological polar surface area (TPSA) is 12.0 Å². The second-order valence-corrected chi connectivity index (χ2v) is 5.61. The Bertz CT molecular complexity index is 369. The minimum absolute atomic E-state index is 0.412. The lowest BCUT2D eigenvalue weighted by atomic mass is 9.89. The SMILES string of the molecule is Cc1ccccc1C1(CNC(C)C)CC1C. The highest BCUT2D eigenvalue weighted by Gasteiger charge is 2.52. The predicted octanol–water partition coefficient (Wildman–Crippen LogP) is 3.27. The molecule has 0 bridgehead atoms. The van der Waals surface area contributed by atoms with Crippen LogP contribution >= 0.6 is 0 Å². The van der Waals surface area contributed by atoms with Gasteiger partial charge in [0.15, 0.2) is 0 Å². The van der Waals surface area contributed by atoms with Crippen molar-refractivity contribution in [3.05, 3.63) is 35.4 Å². The van der Waals surface area contributed by atoms with Crippen molar-refractivity contribution in [2.24, 2.45) is 5.92 Å². The van der Waals surface area contributed by atoms with Gasteiger partial charge in [0.2, 0.25) is 0 Å². The van der Waals surface area contributed by atoms with Gasteiger partial charge in [0.25, 0.3) is 0 Å². The summed E-state index contributed by atoms with van der Waals surface area (Å²) < 4.78 is 0. The number of hydrogen-bond donors (Lipinski definition) is 1. The molecule has 0 heterocycles. The van der Waals surface area contributed by atoms with Gasteiger partial charge in [0, 0.05) is 18.0 Å². The number of nitrogens with one attached hydrogen (secondary N) is 1. The molecular weight excluding hydrogens is 194 g/mol. The lowest BCUT2D eigenvalue weighted by Gasteiger charge is -2.21. The van der Waals surface area contributed by atoms with Gasteiger partial charge >= 0.3 is 0 Å². The second-order valence-electron chi connectivity index (χ2n) is 5.61. The summed E-state index contributed by atoms with van der Waals surface area (Å²) in [5.74, 6) is 0.819. The molecule has 1 aliphatic rings. The van der Waals surface area contributed by atoms with Crippen LogP contribution in [0.5, 0.6) is 0 Å². The van der Waals surface area contributed by atoms with Gasteiger partial charge in [0.05, 0.1) is 0 Å². The third-order valence-corrected chi connectivity index (χ3v) is 3.96. The van der Waals surface area contributed by atoms with Crippen LogP contribution in [-0.2, 0) is 5.41 Å². The second kappa shape index (κ2) is 4.21. The molecule has 0 spiro atoms. The van der Waals surface area contributed by atoms with Crippen LogP contribution in [0.4, 0.5) is 0 Å². The van der Waals surface area contributed by atoms with Crippen LogP contribution in [0.1, 0.15) is 38.3 Å². The number of rotatable bonds is 4. The third kappa shape index (κ3) is 2.01. The summed E-state index contributed by atoms with van der Waals surface area (Å²) in [5.41, 5.74) is 3.41. The van der Waals surface area contributed by atoms with Gasteiger partial charge in [-0.05, 0) is 30.4 Å². The smallest absolute Gasteiger partial charge is 0.0109 e. The molecule has 1 heteroatoms. The van der Waals surface area contributed by atoms with Crippen LogP contribution in [0, 0.1) is 12.8 Å². The maximum absolute atomic E-state index is 3.60. The first-order chi connectivity index (χ1) is 7.56. The Hall–Kier alpha value is -0.820. The maximum Gasteiger partial charge on any atom is 0.0109 e. The summed E-state index contributed by atoms with van der Waals surface area (Å²) >= 11 is 0. The molecule has 1 saturated carbocycles. The summed E-state index contributed by atoms with van der Waals surface area (Å²) in [5, 5.41) is 3.60. The van der Waals surface area contributed by atoms with Gasteiger partial charge in [0.1, 0.15) is 0 Å². The van der Waals surface area contributed by atoms with Crippen LogP contribution in [0.2, 0.25) is 0 Å². The van der Waals surface area contributed by atoms with Crippen molar-refractivity contribution in [3.8, 4) is 0 Å². The summed E-state index contributed by atoms with van der Waals surface area (Å²) in [4.78, 5) is 0. The van der Waals surface area contributed by atoms with Crippen LogP contribution in [0.3, 0.4) is 0 Å². The van der Waals surface area contributed by atoms with E-state index in [1.807, 2.05) is 0 Å². The van der Waals surface area contributed by atoms with Crippen LogP contribution < -0.4 is 5.32 Å². The summed E-state index contributed by atoms with van der Waals surface area (Å²) in [6, 6.07) is 9.42. The van der Waals surface area contributed by atoms with Crippen molar-refractivity contribution < 1.29 is 0 Å². The van der Waals surface area contributed by atoms with Gasteiger partial charge in [-0.25, -0.2) is 0 Å². The van der Waals surface area contributed by atoms with Gasteiger partial charge < -0.3 is 5.32 Å². The van der Waals surface area contributed by atoms with E-state index in [2.05, 4.69) is 57.3 Å². The largest absolute Gasteiger partial charge is 0.314 e. The Balaban J connectivity index is 2.20. The normalized spacial score (nSPS) is 28.4. The Labute approximate surface area is 99.3 Å². The van der Waals surface area contributed by atoms with Crippen molar-refractivity contribution in [2.45, 2.75) is 45.6 Å². The van der Waals surface area contributed by atoms with Crippen LogP contribution in [0.25, 0.3) is 0 Å². The van der Waals surface area contributed by atoms with Crippen molar-refractivity contribution >= 4 is 0 Å². The first kappa shape index (κ1) is 11.7. The fraction of sp³-hybridized carbons (Fsp3) is 0.600. The Kier molecular flexibility index (Phi) is 3.07. The average molecular weight is 217 g/mol. The number of aryl methyl sites for hydroxylation is 1. The fourth-order valence-corrected chi connectivity index (χ4v) is 2.72. The zero-order valence-electron chi connectivity index (χ0n) is 10.9. The molecule has 1 fully saturated rings. The molecule has 0 saturated heterocycles. The average Bonchev–Trinajstić information content (AvgIpc) is 2.88. The molecule has 0 amide bonds. The van der Waals surface area contributed by atoms with Crippen molar-refractivity contribution in [2.75, 3.05) is 6.54 Å².